The molecule has 21 heavy (non-hydrogen) atoms. The quantitative estimate of drug-likeness (QED) is 0.646. The van der Waals surface area contributed by atoms with Crippen molar-refractivity contribution >= 4 is 11.0 Å². The number of benzene rings is 1. The summed E-state index contributed by atoms with van der Waals surface area (Å²) in [5.74, 6) is 0. The molecule has 0 aliphatic carbocycles. The molecule has 0 bridgehead atoms. The van der Waals surface area contributed by atoms with Crippen molar-refractivity contribution in [2.45, 2.75) is 6.61 Å². The van der Waals surface area contributed by atoms with Crippen LogP contribution in [0.5, 0.6) is 0 Å². The average Bonchev–Trinajstić information content (AvgIpc) is 2.91. The summed E-state index contributed by atoms with van der Waals surface area (Å²) in [5.41, 5.74) is 1.11. The Balaban J connectivity index is 1.92. The zero-order valence-corrected chi connectivity index (χ0v) is 11.6. The molecule has 8 nitrogen and oxygen atoms in total. The van der Waals surface area contributed by atoms with E-state index in [1.165, 1.54) is 22.5 Å². The van der Waals surface area contributed by atoms with Crippen molar-refractivity contribution in [2.24, 2.45) is 14.1 Å². The molecule has 0 atom stereocenters. The molecule has 3 aromatic rings. The maximum atomic E-state index is 11.8. The van der Waals surface area contributed by atoms with Crippen LogP contribution < -0.4 is 16.1 Å². The number of hydrogen-bond donors (Lipinski definition) is 0. The minimum absolute atomic E-state index is 0.0369. The molecule has 8 heteroatoms. The number of fused-ring (bicyclic) bond motifs is 1. The summed E-state index contributed by atoms with van der Waals surface area (Å²) in [5, 5.41) is 7.83. The molecular formula is C13H13N5O3. The van der Waals surface area contributed by atoms with Crippen molar-refractivity contribution in [2.75, 3.05) is 0 Å². The lowest BCUT2D eigenvalue weighted by Gasteiger charge is -2.10. The largest absolute Gasteiger partial charge is 0.389 e. The molecule has 0 saturated heterocycles. The third kappa shape index (κ3) is 2.20. The van der Waals surface area contributed by atoms with Gasteiger partial charge in [0.1, 0.15) is 11.0 Å². The molecular weight excluding hydrogens is 274 g/mol. The predicted molar refractivity (Wildman–Crippen MR) is 74.7 cm³/mol. The van der Waals surface area contributed by atoms with Gasteiger partial charge in [0.25, 0.3) is 5.56 Å². The summed E-state index contributed by atoms with van der Waals surface area (Å²) < 4.78 is 2.40. The van der Waals surface area contributed by atoms with Crippen molar-refractivity contribution in [3.05, 3.63) is 56.9 Å². The van der Waals surface area contributed by atoms with Gasteiger partial charge in [0.2, 0.25) is 0 Å². The first-order valence-corrected chi connectivity index (χ1v) is 6.27. The van der Waals surface area contributed by atoms with E-state index in [-0.39, 0.29) is 12.2 Å². The van der Waals surface area contributed by atoms with Gasteiger partial charge < -0.3 is 4.84 Å². The van der Waals surface area contributed by atoms with Gasteiger partial charge in [-0.1, -0.05) is 17.0 Å². The fourth-order valence-electron chi connectivity index (χ4n) is 1.99. The first kappa shape index (κ1) is 13.1. The van der Waals surface area contributed by atoms with Gasteiger partial charge in [0.05, 0.1) is 5.69 Å². The highest BCUT2D eigenvalue weighted by Gasteiger charge is 2.08. The molecule has 0 N–H and O–H groups in total. The van der Waals surface area contributed by atoms with Crippen LogP contribution in [0.4, 0.5) is 0 Å². The molecule has 0 amide bonds. The third-order valence-electron chi connectivity index (χ3n) is 3.28. The van der Waals surface area contributed by atoms with Crippen molar-refractivity contribution < 1.29 is 4.84 Å². The van der Waals surface area contributed by atoms with Crippen LogP contribution in [0.1, 0.15) is 5.69 Å². The normalized spacial score (nSPS) is 11.0. The van der Waals surface area contributed by atoms with Crippen LogP contribution in [0.2, 0.25) is 0 Å². The lowest BCUT2D eigenvalue weighted by atomic mass is 10.3. The van der Waals surface area contributed by atoms with Gasteiger partial charge in [0, 0.05) is 20.2 Å². The molecule has 0 radical (unpaired) electrons. The van der Waals surface area contributed by atoms with Crippen molar-refractivity contribution in [3.8, 4) is 0 Å². The zero-order valence-electron chi connectivity index (χ0n) is 11.6. The second-order valence-electron chi connectivity index (χ2n) is 4.60. The Bertz CT molecular complexity index is 921. The van der Waals surface area contributed by atoms with E-state index in [9.17, 15) is 9.59 Å². The Morgan fingerprint density at radius 2 is 1.90 bits per heavy atom. The van der Waals surface area contributed by atoms with E-state index in [1.807, 2.05) is 24.3 Å². The highest BCUT2D eigenvalue weighted by molar-refractivity contribution is 5.73. The van der Waals surface area contributed by atoms with E-state index in [4.69, 9.17) is 4.84 Å². The molecule has 0 aliphatic heterocycles. The molecule has 0 unspecified atom stereocenters. The van der Waals surface area contributed by atoms with Crippen molar-refractivity contribution in [1.29, 1.82) is 0 Å². The van der Waals surface area contributed by atoms with Crippen LogP contribution in [-0.4, -0.2) is 24.3 Å². The first-order chi connectivity index (χ1) is 10.1. The highest BCUT2D eigenvalue weighted by Crippen LogP contribution is 2.08. The summed E-state index contributed by atoms with van der Waals surface area (Å²) in [4.78, 5) is 30.3. The molecule has 0 fully saturated rings. The molecule has 108 valence electrons. The molecule has 3 rings (SSSR count). The maximum Gasteiger partial charge on any atom is 0.330 e. The summed E-state index contributed by atoms with van der Waals surface area (Å²) in [6, 6.07) is 8.70. The van der Waals surface area contributed by atoms with E-state index >= 15 is 0 Å². The molecule has 0 aliphatic rings. The number of nitrogens with zero attached hydrogens (tertiary/aromatic N) is 5. The van der Waals surface area contributed by atoms with Crippen LogP contribution in [-0.2, 0) is 20.7 Å². The van der Waals surface area contributed by atoms with E-state index in [2.05, 4.69) is 10.3 Å². The standard InChI is InChI=1S/C13H13N5O3/c1-16-9(7-12(19)17(2)13(16)20)8-21-18-11-6-4-3-5-10(11)14-15-18/h3-7H,8H2,1-2H3. The number of aromatic nitrogens is 5. The van der Waals surface area contributed by atoms with Crippen molar-refractivity contribution in [1.82, 2.24) is 24.3 Å². The highest BCUT2D eigenvalue weighted by atomic mass is 16.7. The second-order valence-corrected chi connectivity index (χ2v) is 4.60. The Labute approximate surface area is 118 Å². The summed E-state index contributed by atoms with van der Waals surface area (Å²) in [6.45, 7) is 0.0369. The Morgan fingerprint density at radius 1 is 1.14 bits per heavy atom. The van der Waals surface area contributed by atoms with Crippen LogP contribution in [0.15, 0.2) is 39.9 Å². The van der Waals surface area contributed by atoms with E-state index < -0.39 is 5.69 Å². The maximum absolute atomic E-state index is 11.8. The number of para-hydroxylation sites is 1. The Morgan fingerprint density at radius 3 is 2.71 bits per heavy atom. The second kappa shape index (κ2) is 4.89. The van der Waals surface area contributed by atoms with Crippen molar-refractivity contribution in [3.63, 3.8) is 0 Å². The van der Waals surface area contributed by atoms with Gasteiger partial charge >= 0.3 is 5.69 Å². The fourth-order valence-corrected chi connectivity index (χ4v) is 1.99. The first-order valence-electron chi connectivity index (χ1n) is 6.27. The fraction of sp³-hybridized carbons (Fsp3) is 0.231. The summed E-state index contributed by atoms with van der Waals surface area (Å²) >= 11 is 0. The topological polar surface area (TPSA) is 83.9 Å². The van der Waals surface area contributed by atoms with Gasteiger partial charge in [-0.25, -0.2) is 4.79 Å². The van der Waals surface area contributed by atoms with Gasteiger partial charge in [-0.05, 0) is 17.3 Å². The van der Waals surface area contributed by atoms with E-state index in [0.29, 0.717) is 16.7 Å². The van der Waals surface area contributed by atoms with Crippen LogP contribution in [0, 0.1) is 0 Å². The number of rotatable bonds is 3. The van der Waals surface area contributed by atoms with Gasteiger partial charge in [-0.3, -0.25) is 13.9 Å². The molecule has 2 aromatic heterocycles. The van der Waals surface area contributed by atoms with E-state index in [1.54, 1.807) is 7.05 Å². The van der Waals surface area contributed by atoms with Gasteiger partial charge in [-0.15, -0.1) is 5.10 Å². The van der Waals surface area contributed by atoms with Gasteiger partial charge in [0.15, 0.2) is 6.61 Å². The minimum Gasteiger partial charge on any atom is -0.389 e. The molecule has 1 aromatic carbocycles. The Hall–Kier alpha value is -2.90. The lowest BCUT2D eigenvalue weighted by Crippen LogP contribution is -2.38. The molecule has 0 spiro atoms. The smallest absolute Gasteiger partial charge is 0.330 e. The van der Waals surface area contributed by atoms with Gasteiger partial charge in [-0.2, -0.15) is 0 Å². The monoisotopic (exact) mass is 287 g/mol. The van der Waals surface area contributed by atoms with E-state index in [0.717, 1.165) is 4.57 Å². The lowest BCUT2D eigenvalue weighted by molar-refractivity contribution is 0.0709. The SMILES string of the molecule is Cn1c(COn2nnc3ccccc32)cc(=O)n(C)c1=O. The zero-order chi connectivity index (χ0) is 15.0. The number of hydrogen-bond acceptors (Lipinski definition) is 5. The average molecular weight is 287 g/mol. The molecule has 2 heterocycles. The Kier molecular flexibility index (Phi) is 3.05. The summed E-state index contributed by atoms with van der Waals surface area (Å²) in [6.07, 6.45) is 0. The summed E-state index contributed by atoms with van der Waals surface area (Å²) in [7, 11) is 3.01. The third-order valence-corrected chi connectivity index (χ3v) is 3.28. The molecule has 0 saturated carbocycles. The van der Waals surface area contributed by atoms with Crippen LogP contribution in [0.25, 0.3) is 11.0 Å². The van der Waals surface area contributed by atoms with Crippen LogP contribution >= 0.6 is 0 Å². The predicted octanol–water partition coefficient (Wildman–Crippen LogP) is -0.543. The van der Waals surface area contributed by atoms with Crippen LogP contribution in [0.3, 0.4) is 0 Å². The minimum atomic E-state index is -0.399.